The van der Waals surface area contributed by atoms with Crippen molar-refractivity contribution in [3.63, 3.8) is 0 Å². The van der Waals surface area contributed by atoms with Gasteiger partial charge in [-0.05, 0) is 55.7 Å². The van der Waals surface area contributed by atoms with E-state index in [9.17, 15) is 0 Å². The number of fused-ring (bicyclic) bond motifs is 1. The number of nitrogens with one attached hydrogen (secondary N) is 1. The van der Waals surface area contributed by atoms with Crippen LogP contribution in [0, 0.1) is 12.3 Å². The Balaban J connectivity index is 1.48. The average molecular weight is 374 g/mol. The molecule has 144 valence electrons. The topological polar surface area (TPSA) is 66.8 Å². The number of nitrogens with zero attached hydrogens (tertiary/aromatic N) is 5. The van der Waals surface area contributed by atoms with Crippen LogP contribution in [0.3, 0.4) is 0 Å². The Labute approximate surface area is 165 Å². The first-order valence-corrected chi connectivity index (χ1v) is 10.3. The molecule has 3 aromatic rings. The molecule has 1 aliphatic carbocycles. The monoisotopic (exact) mass is 374 g/mol. The van der Waals surface area contributed by atoms with Gasteiger partial charge in [-0.25, -0.2) is 19.9 Å². The van der Waals surface area contributed by atoms with Crippen LogP contribution in [0.1, 0.15) is 44.1 Å². The maximum absolute atomic E-state index is 4.90. The van der Waals surface area contributed by atoms with Crippen molar-refractivity contribution in [2.45, 2.75) is 45.4 Å². The van der Waals surface area contributed by atoms with Gasteiger partial charge in [0.1, 0.15) is 17.4 Å². The molecule has 2 aromatic heterocycles. The number of piperidine rings is 1. The summed E-state index contributed by atoms with van der Waals surface area (Å²) in [6.07, 6.45) is 11.4. The van der Waals surface area contributed by atoms with Gasteiger partial charge in [-0.15, -0.1) is 0 Å². The van der Waals surface area contributed by atoms with Crippen LogP contribution < -0.4 is 10.2 Å². The van der Waals surface area contributed by atoms with E-state index in [2.05, 4.69) is 44.2 Å². The lowest BCUT2D eigenvalue weighted by molar-refractivity contribution is 0.238. The third-order valence-electron chi connectivity index (χ3n) is 6.25. The van der Waals surface area contributed by atoms with Gasteiger partial charge in [-0.2, -0.15) is 0 Å². The molecular weight excluding hydrogens is 348 g/mol. The summed E-state index contributed by atoms with van der Waals surface area (Å²) in [7, 11) is 0. The fraction of sp³-hybridized carbons (Fsp3) is 0.455. The van der Waals surface area contributed by atoms with Gasteiger partial charge in [0.25, 0.3) is 0 Å². The lowest BCUT2D eigenvalue weighted by atomic mass is 9.78. The Bertz CT molecular complexity index is 995. The fourth-order valence-corrected chi connectivity index (χ4v) is 4.86. The molecule has 6 nitrogen and oxygen atoms in total. The van der Waals surface area contributed by atoms with Crippen LogP contribution in [0.2, 0.25) is 0 Å². The Kier molecular flexibility index (Phi) is 4.34. The molecule has 1 spiro atoms. The minimum Gasteiger partial charge on any atom is -0.340 e. The lowest BCUT2D eigenvalue weighted by Gasteiger charge is -2.40. The molecule has 3 heterocycles. The molecule has 1 aromatic carbocycles. The van der Waals surface area contributed by atoms with E-state index in [-0.39, 0.29) is 0 Å². The molecule has 1 N–H and O–H groups in total. The van der Waals surface area contributed by atoms with Crippen molar-refractivity contribution in [1.29, 1.82) is 0 Å². The molecule has 0 bridgehead atoms. The SMILES string of the molecule is Cc1cccc(Nc2ncnc3cnc(N4CCCC5(CCCC5)C4)nc23)c1. The zero-order valence-corrected chi connectivity index (χ0v) is 16.4. The summed E-state index contributed by atoms with van der Waals surface area (Å²) in [5.74, 6) is 1.53. The maximum atomic E-state index is 4.90. The minimum absolute atomic E-state index is 0.479. The number of aromatic nitrogens is 4. The van der Waals surface area contributed by atoms with Crippen LogP contribution in [-0.4, -0.2) is 33.0 Å². The molecule has 2 fully saturated rings. The second kappa shape index (κ2) is 7.00. The van der Waals surface area contributed by atoms with Gasteiger partial charge in [-0.3, -0.25) is 0 Å². The van der Waals surface area contributed by atoms with E-state index in [1.54, 1.807) is 6.33 Å². The van der Waals surface area contributed by atoms with Crippen molar-refractivity contribution in [2.24, 2.45) is 5.41 Å². The van der Waals surface area contributed by atoms with Crippen molar-refractivity contribution in [3.05, 3.63) is 42.4 Å². The van der Waals surface area contributed by atoms with E-state index in [0.717, 1.165) is 41.6 Å². The summed E-state index contributed by atoms with van der Waals surface area (Å²) in [4.78, 5) is 20.7. The van der Waals surface area contributed by atoms with Gasteiger partial charge in [0, 0.05) is 18.8 Å². The first kappa shape index (κ1) is 17.3. The summed E-state index contributed by atoms with van der Waals surface area (Å²) in [6.45, 7) is 4.19. The molecule has 1 aliphatic heterocycles. The number of rotatable bonds is 3. The fourth-order valence-electron chi connectivity index (χ4n) is 4.86. The summed E-state index contributed by atoms with van der Waals surface area (Å²) >= 11 is 0. The normalized spacial score (nSPS) is 18.7. The number of aryl methyl sites for hydroxylation is 1. The van der Waals surface area contributed by atoms with E-state index < -0.39 is 0 Å². The second-order valence-electron chi connectivity index (χ2n) is 8.35. The lowest BCUT2D eigenvalue weighted by Crippen LogP contribution is -2.42. The Morgan fingerprint density at radius 3 is 2.75 bits per heavy atom. The van der Waals surface area contributed by atoms with Gasteiger partial charge < -0.3 is 10.2 Å². The van der Waals surface area contributed by atoms with Crippen LogP contribution in [0.25, 0.3) is 11.0 Å². The molecule has 1 saturated heterocycles. The van der Waals surface area contributed by atoms with Gasteiger partial charge in [0.05, 0.1) is 6.20 Å². The summed E-state index contributed by atoms with van der Waals surface area (Å²) in [5, 5.41) is 3.41. The molecule has 1 saturated carbocycles. The summed E-state index contributed by atoms with van der Waals surface area (Å²) < 4.78 is 0. The highest BCUT2D eigenvalue weighted by Crippen LogP contribution is 2.45. The first-order chi connectivity index (χ1) is 13.7. The predicted molar refractivity (Wildman–Crippen MR) is 112 cm³/mol. The highest BCUT2D eigenvalue weighted by atomic mass is 15.3. The molecule has 0 amide bonds. The van der Waals surface area contributed by atoms with E-state index in [4.69, 9.17) is 4.98 Å². The minimum atomic E-state index is 0.479. The van der Waals surface area contributed by atoms with Crippen molar-refractivity contribution in [1.82, 2.24) is 19.9 Å². The zero-order valence-electron chi connectivity index (χ0n) is 16.4. The molecule has 0 unspecified atom stereocenters. The molecule has 5 rings (SSSR count). The maximum Gasteiger partial charge on any atom is 0.226 e. The Morgan fingerprint density at radius 1 is 1.04 bits per heavy atom. The zero-order chi connectivity index (χ0) is 19.0. The predicted octanol–water partition coefficient (Wildman–Crippen LogP) is 4.63. The number of benzene rings is 1. The van der Waals surface area contributed by atoms with Crippen LogP contribution in [-0.2, 0) is 0 Å². The second-order valence-corrected chi connectivity index (χ2v) is 8.35. The van der Waals surface area contributed by atoms with Gasteiger partial charge in [-0.1, -0.05) is 25.0 Å². The standard InChI is InChI=1S/C22H26N6/c1-16-6-4-7-17(12-16)26-20-19-18(24-15-25-20)13-23-21(27-19)28-11-5-10-22(14-28)8-2-3-9-22/h4,6-7,12-13,15H,2-3,5,8-11,14H2,1H3,(H,24,25,26). The van der Waals surface area contributed by atoms with Crippen LogP contribution >= 0.6 is 0 Å². The summed E-state index contributed by atoms with van der Waals surface area (Å²) in [6, 6.07) is 8.26. The van der Waals surface area contributed by atoms with Gasteiger partial charge in [0.15, 0.2) is 5.82 Å². The van der Waals surface area contributed by atoms with Crippen molar-refractivity contribution < 1.29 is 0 Å². The van der Waals surface area contributed by atoms with E-state index in [0.29, 0.717) is 5.41 Å². The Morgan fingerprint density at radius 2 is 1.89 bits per heavy atom. The van der Waals surface area contributed by atoms with Gasteiger partial charge in [0.2, 0.25) is 5.95 Å². The number of hydrogen-bond acceptors (Lipinski definition) is 6. The third kappa shape index (κ3) is 3.28. The van der Waals surface area contributed by atoms with E-state index in [1.165, 1.54) is 44.1 Å². The Hall–Kier alpha value is -2.76. The van der Waals surface area contributed by atoms with Crippen molar-refractivity contribution in [3.8, 4) is 0 Å². The first-order valence-electron chi connectivity index (χ1n) is 10.3. The van der Waals surface area contributed by atoms with Crippen molar-refractivity contribution in [2.75, 3.05) is 23.3 Å². The van der Waals surface area contributed by atoms with Crippen LogP contribution in [0.4, 0.5) is 17.5 Å². The number of hydrogen-bond donors (Lipinski definition) is 1. The largest absolute Gasteiger partial charge is 0.340 e. The molecular formula is C22H26N6. The van der Waals surface area contributed by atoms with E-state index in [1.807, 2.05) is 18.3 Å². The van der Waals surface area contributed by atoms with Crippen LogP contribution in [0.5, 0.6) is 0 Å². The highest BCUT2D eigenvalue weighted by Gasteiger charge is 2.38. The molecule has 28 heavy (non-hydrogen) atoms. The quantitative estimate of drug-likeness (QED) is 0.721. The highest BCUT2D eigenvalue weighted by molar-refractivity contribution is 5.87. The van der Waals surface area contributed by atoms with Crippen molar-refractivity contribution >= 4 is 28.5 Å². The summed E-state index contributed by atoms with van der Waals surface area (Å²) in [5.41, 5.74) is 4.23. The molecule has 6 heteroatoms. The van der Waals surface area contributed by atoms with E-state index >= 15 is 0 Å². The molecule has 2 aliphatic rings. The average Bonchev–Trinajstić information content (AvgIpc) is 3.15. The van der Waals surface area contributed by atoms with Crippen LogP contribution in [0.15, 0.2) is 36.8 Å². The smallest absolute Gasteiger partial charge is 0.226 e. The number of anilines is 3. The molecule has 0 radical (unpaired) electrons. The van der Waals surface area contributed by atoms with Gasteiger partial charge >= 0.3 is 0 Å². The molecule has 0 atom stereocenters. The third-order valence-corrected chi connectivity index (χ3v) is 6.25.